The van der Waals surface area contributed by atoms with Gasteiger partial charge in [-0.15, -0.1) is 0 Å². The lowest BCUT2D eigenvalue weighted by Crippen LogP contribution is -2.47. The third-order valence-electron chi connectivity index (χ3n) is 3.34. The first-order chi connectivity index (χ1) is 7.79. The van der Waals surface area contributed by atoms with Gasteiger partial charge >= 0.3 is 5.97 Å². The van der Waals surface area contributed by atoms with Crippen molar-refractivity contribution >= 4 is 5.97 Å². The van der Waals surface area contributed by atoms with E-state index in [9.17, 15) is 4.79 Å². The maximum Gasteiger partial charge on any atom is 0.323 e. The molecule has 1 N–H and O–H groups in total. The monoisotopic (exact) mass is 241 g/mol. The topological polar surface area (TPSA) is 38.3 Å². The van der Waals surface area contributed by atoms with Crippen LogP contribution >= 0.6 is 0 Å². The van der Waals surface area contributed by atoms with Gasteiger partial charge in [0.05, 0.1) is 0 Å². The molecule has 1 saturated carbocycles. The molecule has 0 aromatic carbocycles. The second-order valence-corrected chi connectivity index (χ2v) is 6.29. The van der Waals surface area contributed by atoms with E-state index in [2.05, 4.69) is 12.2 Å². The van der Waals surface area contributed by atoms with Crippen molar-refractivity contribution in [3.8, 4) is 0 Å². The molecule has 1 rings (SSSR count). The highest BCUT2D eigenvalue weighted by atomic mass is 16.6. The molecule has 0 aromatic rings. The van der Waals surface area contributed by atoms with E-state index in [1.165, 1.54) is 25.7 Å². The van der Waals surface area contributed by atoms with Crippen LogP contribution in [0, 0.1) is 5.92 Å². The molecule has 0 spiro atoms. The van der Waals surface area contributed by atoms with E-state index < -0.39 is 5.60 Å². The molecule has 1 fully saturated rings. The van der Waals surface area contributed by atoms with Crippen LogP contribution in [0.4, 0.5) is 0 Å². The fourth-order valence-corrected chi connectivity index (χ4v) is 2.34. The Kier molecular flexibility index (Phi) is 4.99. The minimum absolute atomic E-state index is 0.143. The van der Waals surface area contributed by atoms with Crippen molar-refractivity contribution in [2.24, 2.45) is 5.92 Å². The molecule has 0 amide bonds. The summed E-state index contributed by atoms with van der Waals surface area (Å²) in [5, 5.41) is 3.42. The smallest absolute Gasteiger partial charge is 0.323 e. The first-order valence-electron chi connectivity index (χ1n) is 6.78. The molecule has 1 aliphatic carbocycles. The zero-order valence-electron chi connectivity index (χ0n) is 11.9. The summed E-state index contributed by atoms with van der Waals surface area (Å²) in [5.74, 6) is 0.518. The van der Waals surface area contributed by atoms with E-state index >= 15 is 0 Å². The highest BCUT2D eigenvalue weighted by Crippen LogP contribution is 2.24. The molecule has 0 radical (unpaired) electrons. The van der Waals surface area contributed by atoms with E-state index in [-0.39, 0.29) is 12.0 Å². The number of hydrogen-bond acceptors (Lipinski definition) is 3. The molecule has 0 heterocycles. The lowest BCUT2D eigenvalue weighted by molar-refractivity contribution is -0.157. The van der Waals surface area contributed by atoms with Gasteiger partial charge in [-0.2, -0.15) is 0 Å². The molecule has 0 bridgehead atoms. The Hall–Kier alpha value is -0.570. The Morgan fingerprint density at radius 3 is 2.41 bits per heavy atom. The van der Waals surface area contributed by atoms with Gasteiger partial charge in [0.2, 0.25) is 0 Å². The number of hydrogen-bond donors (Lipinski definition) is 1. The highest BCUT2D eigenvalue weighted by molar-refractivity contribution is 5.75. The van der Waals surface area contributed by atoms with Crippen molar-refractivity contribution < 1.29 is 9.53 Å². The number of esters is 1. The van der Waals surface area contributed by atoms with Crippen LogP contribution in [0.25, 0.3) is 0 Å². The Bertz CT molecular complexity index is 257. The number of rotatable bonds is 3. The Morgan fingerprint density at radius 2 is 1.88 bits per heavy atom. The average molecular weight is 241 g/mol. The Labute approximate surface area is 105 Å². The average Bonchev–Trinajstić information content (AvgIpc) is 2.18. The molecule has 17 heavy (non-hydrogen) atoms. The van der Waals surface area contributed by atoms with Crippen LogP contribution in [-0.4, -0.2) is 23.7 Å². The minimum atomic E-state index is -0.398. The summed E-state index contributed by atoms with van der Waals surface area (Å²) in [6.07, 6.45) is 5.02. The van der Waals surface area contributed by atoms with Crippen molar-refractivity contribution in [2.45, 2.75) is 78.0 Å². The largest absolute Gasteiger partial charge is 0.459 e. The van der Waals surface area contributed by atoms with E-state index in [0.717, 1.165) is 0 Å². The van der Waals surface area contributed by atoms with Gasteiger partial charge in [0.15, 0.2) is 0 Å². The second kappa shape index (κ2) is 5.85. The van der Waals surface area contributed by atoms with Gasteiger partial charge in [-0.05, 0) is 46.5 Å². The molecule has 3 unspecified atom stereocenters. The summed E-state index contributed by atoms with van der Waals surface area (Å²) in [5.41, 5.74) is -0.398. The molecule has 3 heteroatoms. The number of nitrogens with one attached hydrogen (secondary N) is 1. The molecule has 0 saturated heterocycles. The third-order valence-corrected chi connectivity index (χ3v) is 3.34. The maximum atomic E-state index is 11.9. The van der Waals surface area contributed by atoms with Gasteiger partial charge in [-0.25, -0.2) is 0 Å². The van der Waals surface area contributed by atoms with Gasteiger partial charge in [-0.1, -0.05) is 19.8 Å². The van der Waals surface area contributed by atoms with Crippen LogP contribution < -0.4 is 5.32 Å². The number of carbonyl (C=O) groups excluding carboxylic acids is 1. The normalized spacial score (nSPS) is 27.6. The molecule has 1 aliphatic rings. The second-order valence-electron chi connectivity index (χ2n) is 6.29. The summed E-state index contributed by atoms with van der Waals surface area (Å²) in [4.78, 5) is 11.9. The SMILES string of the molecule is CC(NC1CCCCC1C)C(=O)OC(C)(C)C. The van der Waals surface area contributed by atoms with Crippen molar-refractivity contribution in [3.05, 3.63) is 0 Å². The molecular weight excluding hydrogens is 214 g/mol. The minimum Gasteiger partial charge on any atom is -0.459 e. The summed E-state index contributed by atoms with van der Waals surface area (Å²) in [7, 11) is 0. The van der Waals surface area contributed by atoms with Crippen LogP contribution in [-0.2, 0) is 9.53 Å². The van der Waals surface area contributed by atoms with Crippen LogP contribution in [0.2, 0.25) is 0 Å². The van der Waals surface area contributed by atoms with Gasteiger partial charge in [0.1, 0.15) is 11.6 Å². The molecule has 3 atom stereocenters. The van der Waals surface area contributed by atoms with E-state index in [0.29, 0.717) is 12.0 Å². The summed E-state index contributed by atoms with van der Waals surface area (Å²) >= 11 is 0. The third kappa shape index (κ3) is 5.07. The quantitative estimate of drug-likeness (QED) is 0.772. The van der Waals surface area contributed by atoms with Crippen molar-refractivity contribution in [2.75, 3.05) is 0 Å². The maximum absolute atomic E-state index is 11.9. The summed E-state index contributed by atoms with van der Waals surface area (Å²) < 4.78 is 5.37. The standard InChI is InChI=1S/C14H27NO2/c1-10-8-6-7-9-12(10)15-11(2)13(16)17-14(3,4)5/h10-12,15H,6-9H2,1-5H3. The Morgan fingerprint density at radius 1 is 1.29 bits per heavy atom. The van der Waals surface area contributed by atoms with Gasteiger partial charge in [0, 0.05) is 6.04 Å². The number of ether oxygens (including phenoxy) is 1. The lowest BCUT2D eigenvalue weighted by atomic mass is 9.85. The van der Waals surface area contributed by atoms with Gasteiger partial charge in [0.25, 0.3) is 0 Å². The molecule has 100 valence electrons. The first kappa shape index (κ1) is 14.5. The number of carbonyl (C=O) groups is 1. The van der Waals surface area contributed by atoms with Crippen LogP contribution in [0.15, 0.2) is 0 Å². The van der Waals surface area contributed by atoms with Crippen molar-refractivity contribution in [3.63, 3.8) is 0 Å². The van der Waals surface area contributed by atoms with Crippen LogP contribution in [0.5, 0.6) is 0 Å². The zero-order valence-corrected chi connectivity index (χ0v) is 11.9. The molecule has 0 aromatic heterocycles. The van der Waals surface area contributed by atoms with Crippen molar-refractivity contribution in [1.82, 2.24) is 5.32 Å². The lowest BCUT2D eigenvalue weighted by Gasteiger charge is -2.32. The fraction of sp³-hybridized carbons (Fsp3) is 0.929. The van der Waals surface area contributed by atoms with Crippen molar-refractivity contribution in [1.29, 1.82) is 0 Å². The predicted octanol–water partition coefficient (Wildman–Crippen LogP) is 2.88. The van der Waals surface area contributed by atoms with Gasteiger partial charge in [-0.3, -0.25) is 4.79 Å². The Balaban J connectivity index is 2.42. The highest BCUT2D eigenvalue weighted by Gasteiger charge is 2.27. The van der Waals surface area contributed by atoms with Gasteiger partial charge < -0.3 is 10.1 Å². The van der Waals surface area contributed by atoms with Crippen LogP contribution in [0.3, 0.4) is 0 Å². The summed E-state index contributed by atoms with van der Waals surface area (Å²) in [6, 6.07) is 0.256. The predicted molar refractivity (Wildman–Crippen MR) is 69.9 cm³/mol. The molecular formula is C14H27NO2. The summed E-state index contributed by atoms with van der Waals surface area (Å²) in [6.45, 7) is 9.87. The van der Waals surface area contributed by atoms with E-state index in [1.807, 2.05) is 27.7 Å². The van der Waals surface area contributed by atoms with E-state index in [4.69, 9.17) is 4.74 Å². The zero-order chi connectivity index (χ0) is 13.1. The van der Waals surface area contributed by atoms with Crippen LogP contribution in [0.1, 0.15) is 60.3 Å². The molecule has 0 aliphatic heterocycles. The first-order valence-corrected chi connectivity index (χ1v) is 6.78. The fourth-order valence-electron chi connectivity index (χ4n) is 2.34. The molecule has 3 nitrogen and oxygen atoms in total. The van der Waals surface area contributed by atoms with E-state index in [1.54, 1.807) is 0 Å².